The first-order valence-electron chi connectivity index (χ1n) is 6.38. The van der Waals surface area contributed by atoms with Gasteiger partial charge in [-0.15, -0.1) is 0 Å². The molecule has 90 valence electrons. The smallest absolute Gasteiger partial charge is 0.0158 e. The zero-order valence-electron chi connectivity index (χ0n) is 10.8. The van der Waals surface area contributed by atoms with Gasteiger partial charge in [-0.05, 0) is 25.3 Å². The summed E-state index contributed by atoms with van der Waals surface area (Å²) >= 11 is 2.09. The predicted octanol–water partition coefficient (Wildman–Crippen LogP) is 3.69. The van der Waals surface area contributed by atoms with Crippen molar-refractivity contribution in [3.63, 3.8) is 0 Å². The quantitative estimate of drug-likeness (QED) is 0.714. The van der Waals surface area contributed by atoms with Crippen LogP contribution < -0.4 is 5.32 Å². The van der Waals surface area contributed by atoms with Crippen LogP contribution in [0.1, 0.15) is 53.4 Å². The van der Waals surface area contributed by atoms with Crippen LogP contribution in [0.15, 0.2) is 0 Å². The maximum Gasteiger partial charge on any atom is 0.0158 e. The van der Waals surface area contributed by atoms with E-state index in [4.69, 9.17) is 0 Å². The Balaban J connectivity index is 2.16. The van der Waals surface area contributed by atoms with E-state index in [1.54, 1.807) is 0 Å². The van der Waals surface area contributed by atoms with E-state index in [0.29, 0.717) is 4.75 Å². The number of thioether (sulfide) groups is 1. The largest absolute Gasteiger partial charge is 0.313 e. The van der Waals surface area contributed by atoms with Crippen LogP contribution >= 0.6 is 11.8 Å². The fourth-order valence-corrected chi connectivity index (χ4v) is 2.71. The van der Waals surface area contributed by atoms with E-state index in [2.05, 4.69) is 44.8 Å². The second kappa shape index (κ2) is 6.15. The summed E-state index contributed by atoms with van der Waals surface area (Å²) in [5.74, 6) is 2.34. The molecule has 1 unspecified atom stereocenters. The van der Waals surface area contributed by atoms with Gasteiger partial charge in [0.15, 0.2) is 0 Å². The highest BCUT2D eigenvalue weighted by atomic mass is 32.2. The summed E-state index contributed by atoms with van der Waals surface area (Å²) in [5, 5.41) is 3.62. The van der Waals surface area contributed by atoms with Gasteiger partial charge in [0.05, 0.1) is 0 Å². The molecule has 0 radical (unpaired) electrons. The molecular formula is C13H27NS. The maximum atomic E-state index is 3.62. The van der Waals surface area contributed by atoms with E-state index in [1.165, 1.54) is 31.4 Å². The van der Waals surface area contributed by atoms with E-state index in [0.717, 1.165) is 18.5 Å². The second-order valence-electron chi connectivity index (χ2n) is 5.70. The summed E-state index contributed by atoms with van der Waals surface area (Å²) in [6.45, 7) is 10.2. The fourth-order valence-electron chi connectivity index (χ4n) is 1.73. The topological polar surface area (TPSA) is 12.0 Å². The average molecular weight is 229 g/mol. The van der Waals surface area contributed by atoms with Crippen molar-refractivity contribution < 1.29 is 0 Å². The van der Waals surface area contributed by atoms with Gasteiger partial charge in [0.25, 0.3) is 0 Å². The summed E-state index contributed by atoms with van der Waals surface area (Å²) in [7, 11) is 0. The van der Waals surface area contributed by atoms with Crippen LogP contribution in [0, 0.1) is 5.92 Å². The van der Waals surface area contributed by atoms with Gasteiger partial charge < -0.3 is 5.32 Å². The van der Waals surface area contributed by atoms with E-state index in [9.17, 15) is 0 Å². The monoisotopic (exact) mass is 229 g/mol. The Morgan fingerprint density at radius 2 is 2.00 bits per heavy atom. The first kappa shape index (κ1) is 13.4. The van der Waals surface area contributed by atoms with Crippen molar-refractivity contribution in [2.24, 2.45) is 5.92 Å². The molecule has 1 nitrogen and oxygen atoms in total. The molecule has 0 aromatic heterocycles. The number of rotatable bonds is 7. The number of hydrogen-bond donors (Lipinski definition) is 1. The Kier molecular flexibility index (Phi) is 5.48. The second-order valence-corrected chi connectivity index (χ2v) is 7.55. The lowest BCUT2D eigenvalue weighted by molar-refractivity contribution is 0.500. The van der Waals surface area contributed by atoms with E-state index >= 15 is 0 Å². The molecule has 0 amide bonds. The van der Waals surface area contributed by atoms with Gasteiger partial charge in [-0.1, -0.05) is 40.5 Å². The first-order chi connectivity index (χ1) is 7.01. The molecule has 0 aromatic carbocycles. The lowest BCUT2D eigenvalue weighted by Gasteiger charge is -2.23. The molecule has 1 aliphatic carbocycles. The van der Waals surface area contributed by atoms with Crippen LogP contribution in [-0.4, -0.2) is 23.1 Å². The third-order valence-electron chi connectivity index (χ3n) is 2.83. The van der Waals surface area contributed by atoms with Crippen LogP contribution in [0.5, 0.6) is 0 Å². The van der Waals surface area contributed by atoms with Crippen LogP contribution in [-0.2, 0) is 0 Å². The van der Waals surface area contributed by atoms with E-state index in [1.807, 2.05) is 0 Å². The van der Waals surface area contributed by atoms with Crippen molar-refractivity contribution in [3.8, 4) is 0 Å². The Bertz CT molecular complexity index is 170. The molecule has 0 aliphatic heterocycles. The summed E-state index contributed by atoms with van der Waals surface area (Å²) in [5.41, 5.74) is 0. The molecule has 1 rings (SSSR count). The van der Waals surface area contributed by atoms with Crippen LogP contribution in [0.25, 0.3) is 0 Å². The van der Waals surface area contributed by atoms with Crippen molar-refractivity contribution in [3.05, 3.63) is 0 Å². The van der Waals surface area contributed by atoms with E-state index < -0.39 is 0 Å². The van der Waals surface area contributed by atoms with Gasteiger partial charge in [0.2, 0.25) is 0 Å². The van der Waals surface area contributed by atoms with Crippen molar-refractivity contribution in [1.29, 1.82) is 0 Å². The molecule has 1 fully saturated rings. The average Bonchev–Trinajstić information content (AvgIpc) is 2.92. The van der Waals surface area contributed by atoms with Crippen molar-refractivity contribution in [2.45, 2.75) is 64.2 Å². The molecule has 0 bridgehead atoms. The zero-order valence-corrected chi connectivity index (χ0v) is 11.6. The third-order valence-corrected chi connectivity index (χ3v) is 4.27. The molecule has 1 saturated carbocycles. The van der Waals surface area contributed by atoms with Crippen LogP contribution in [0.4, 0.5) is 0 Å². The molecule has 2 heteroatoms. The molecule has 1 aliphatic rings. The number of hydrogen-bond acceptors (Lipinski definition) is 2. The Labute approximate surface area is 99.8 Å². The summed E-state index contributed by atoms with van der Waals surface area (Å²) in [6, 6.07) is 0.736. The van der Waals surface area contributed by atoms with Crippen LogP contribution in [0.2, 0.25) is 0 Å². The molecule has 0 saturated heterocycles. The van der Waals surface area contributed by atoms with Gasteiger partial charge in [-0.25, -0.2) is 0 Å². The lowest BCUT2D eigenvalue weighted by Crippen LogP contribution is -2.32. The van der Waals surface area contributed by atoms with Crippen molar-refractivity contribution in [2.75, 3.05) is 12.3 Å². The maximum absolute atomic E-state index is 3.62. The highest BCUT2D eigenvalue weighted by molar-refractivity contribution is 8.00. The number of nitrogens with one attached hydrogen (secondary N) is 1. The van der Waals surface area contributed by atoms with E-state index in [-0.39, 0.29) is 0 Å². The predicted molar refractivity (Wildman–Crippen MR) is 71.6 cm³/mol. The van der Waals surface area contributed by atoms with Gasteiger partial charge in [0.1, 0.15) is 0 Å². The first-order valence-corrected chi connectivity index (χ1v) is 7.37. The van der Waals surface area contributed by atoms with Gasteiger partial charge >= 0.3 is 0 Å². The molecule has 0 spiro atoms. The van der Waals surface area contributed by atoms with Gasteiger partial charge in [-0.2, -0.15) is 11.8 Å². The van der Waals surface area contributed by atoms with Crippen molar-refractivity contribution >= 4 is 11.8 Å². The van der Waals surface area contributed by atoms with Gasteiger partial charge in [-0.3, -0.25) is 0 Å². The Morgan fingerprint density at radius 1 is 1.33 bits per heavy atom. The summed E-state index contributed by atoms with van der Waals surface area (Å²) in [6.07, 6.45) is 5.81. The Morgan fingerprint density at radius 3 is 2.47 bits per heavy atom. The highest BCUT2D eigenvalue weighted by Gasteiger charge is 2.23. The molecule has 0 aromatic rings. The summed E-state index contributed by atoms with van der Waals surface area (Å²) < 4.78 is 0.410. The third kappa shape index (κ3) is 7.24. The Hall–Kier alpha value is 0.310. The molecular weight excluding hydrogens is 202 g/mol. The minimum atomic E-state index is 0.410. The van der Waals surface area contributed by atoms with Crippen molar-refractivity contribution in [1.82, 2.24) is 5.32 Å². The molecule has 1 N–H and O–H groups in total. The SMILES string of the molecule is CCNC(CCC1CC1)CSC(C)(C)C. The minimum Gasteiger partial charge on any atom is -0.313 e. The molecule has 15 heavy (non-hydrogen) atoms. The lowest BCUT2D eigenvalue weighted by atomic mass is 10.1. The minimum absolute atomic E-state index is 0.410. The highest BCUT2D eigenvalue weighted by Crippen LogP contribution is 2.34. The molecule has 0 heterocycles. The zero-order chi connectivity index (χ0) is 11.3. The van der Waals surface area contributed by atoms with Crippen LogP contribution in [0.3, 0.4) is 0 Å². The normalized spacial score (nSPS) is 19.2. The summed E-state index contributed by atoms with van der Waals surface area (Å²) in [4.78, 5) is 0. The molecule has 1 atom stereocenters. The fraction of sp³-hybridized carbons (Fsp3) is 1.00. The standard InChI is InChI=1S/C13H27NS/c1-5-14-12(9-8-11-6-7-11)10-15-13(2,3)4/h11-12,14H,5-10H2,1-4H3. The van der Waals surface area contributed by atoms with Gasteiger partial charge in [0, 0.05) is 16.5 Å².